The molecule has 0 radical (unpaired) electrons. The van der Waals surface area contributed by atoms with E-state index >= 15 is 0 Å². The highest BCUT2D eigenvalue weighted by Crippen LogP contribution is 2.17. The predicted molar refractivity (Wildman–Crippen MR) is 68.9 cm³/mol. The summed E-state index contributed by atoms with van der Waals surface area (Å²) in [6.07, 6.45) is 0. The molecule has 1 unspecified atom stereocenters. The van der Waals surface area contributed by atoms with E-state index in [0.29, 0.717) is 5.56 Å². The Balaban J connectivity index is 2.09. The fourth-order valence-corrected chi connectivity index (χ4v) is 1.93. The van der Waals surface area contributed by atoms with Gasteiger partial charge in [-0.25, -0.2) is 0 Å². The van der Waals surface area contributed by atoms with Crippen LogP contribution in [0.3, 0.4) is 0 Å². The topological polar surface area (TPSA) is 83.9 Å². The number of imide groups is 1. The van der Waals surface area contributed by atoms with Crippen LogP contribution in [-0.2, 0) is 25.7 Å². The van der Waals surface area contributed by atoms with Gasteiger partial charge >= 0.3 is 5.97 Å². The maximum Gasteiger partial charge on any atom is 0.310 e. The van der Waals surface area contributed by atoms with Gasteiger partial charge in [0.2, 0.25) is 0 Å². The van der Waals surface area contributed by atoms with Crippen LogP contribution >= 0.6 is 0 Å². The van der Waals surface area contributed by atoms with Crippen molar-refractivity contribution in [2.45, 2.75) is 19.4 Å². The highest BCUT2D eigenvalue weighted by Gasteiger charge is 2.26. The lowest BCUT2D eigenvalue weighted by atomic mass is 10.00. The lowest BCUT2D eigenvalue weighted by Gasteiger charge is -2.25. The van der Waals surface area contributed by atoms with Crippen molar-refractivity contribution in [3.63, 3.8) is 0 Å². The van der Waals surface area contributed by atoms with Crippen LogP contribution in [0.15, 0.2) is 24.3 Å². The van der Waals surface area contributed by atoms with Crippen LogP contribution in [0.25, 0.3) is 0 Å². The molecule has 1 N–H and O–H groups in total. The van der Waals surface area contributed by atoms with Crippen molar-refractivity contribution in [2.75, 3.05) is 13.2 Å². The standard InChI is InChI=1S/C14H15NO5/c1-9(14(18)19)11-4-2-10(3-5-11)6-15-12(16)7-20-8-13(15)17/h2-5,9H,6-8H2,1H3,(H,18,19). The smallest absolute Gasteiger partial charge is 0.310 e. The van der Waals surface area contributed by atoms with Crippen LogP contribution in [0.5, 0.6) is 0 Å². The number of ether oxygens (including phenoxy) is 1. The van der Waals surface area contributed by atoms with Crippen LogP contribution in [0.4, 0.5) is 0 Å². The Morgan fingerprint density at radius 3 is 2.30 bits per heavy atom. The third kappa shape index (κ3) is 3.03. The summed E-state index contributed by atoms with van der Waals surface area (Å²) >= 11 is 0. The number of rotatable bonds is 4. The van der Waals surface area contributed by atoms with Crippen LogP contribution in [0.1, 0.15) is 24.0 Å². The monoisotopic (exact) mass is 277 g/mol. The molecule has 0 aromatic heterocycles. The largest absolute Gasteiger partial charge is 0.481 e. The minimum absolute atomic E-state index is 0.0835. The second kappa shape index (κ2) is 5.83. The minimum atomic E-state index is -0.892. The van der Waals surface area contributed by atoms with E-state index in [-0.39, 0.29) is 31.6 Å². The van der Waals surface area contributed by atoms with E-state index < -0.39 is 11.9 Å². The number of hydrogen-bond acceptors (Lipinski definition) is 4. The molecular formula is C14H15NO5. The van der Waals surface area contributed by atoms with Crippen LogP contribution < -0.4 is 0 Å². The van der Waals surface area contributed by atoms with Gasteiger partial charge < -0.3 is 9.84 Å². The predicted octanol–water partition coefficient (Wildman–Crippen LogP) is 0.760. The molecule has 20 heavy (non-hydrogen) atoms. The Kier molecular flexibility index (Phi) is 4.14. The quantitative estimate of drug-likeness (QED) is 0.821. The summed E-state index contributed by atoms with van der Waals surface area (Å²) in [6.45, 7) is 1.62. The van der Waals surface area contributed by atoms with Crippen LogP contribution in [0.2, 0.25) is 0 Å². The number of carboxylic acids is 1. The zero-order chi connectivity index (χ0) is 14.7. The molecule has 1 atom stereocenters. The van der Waals surface area contributed by atoms with E-state index in [0.717, 1.165) is 10.5 Å². The summed E-state index contributed by atoms with van der Waals surface area (Å²) in [6, 6.07) is 6.85. The number of nitrogens with zero attached hydrogens (tertiary/aromatic N) is 1. The number of carbonyl (C=O) groups is 3. The molecule has 0 spiro atoms. The third-order valence-electron chi connectivity index (χ3n) is 3.24. The summed E-state index contributed by atoms with van der Waals surface area (Å²) in [4.78, 5) is 35.2. The van der Waals surface area contributed by atoms with E-state index in [4.69, 9.17) is 9.84 Å². The second-order valence-electron chi connectivity index (χ2n) is 4.67. The molecule has 106 valence electrons. The Bertz CT molecular complexity index is 521. The average molecular weight is 277 g/mol. The van der Waals surface area contributed by atoms with Crippen molar-refractivity contribution in [1.29, 1.82) is 0 Å². The van der Waals surface area contributed by atoms with E-state index in [1.807, 2.05) is 0 Å². The fourth-order valence-electron chi connectivity index (χ4n) is 1.93. The third-order valence-corrected chi connectivity index (χ3v) is 3.24. The van der Waals surface area contributed by atoms with E-state index in [1.165, 1.54) is 0 Å². The second-order valence-corrected chi connectivity index (χ2v) is 4.67. The van der Waals surface area contributed by atoms with Crippen molar-refractivity contribution in [3.05, 3.63) is 35.4 Å². The Labute approximate surface area is 115 Å². The van der Waals surface area contributed by atoms with Crippen molar-refractivity contribution in [3.8, 4) is 0 Å². The SMILES string of the molecule is CC(C(=O)O)c1ccc(CN2C(=O)COCC2=O)cc1. The molecule has 1 fully saturated rings. The summed E-state index contributed by atoms with van der Waals surface area (Å²) in [5.74, 6) is -2.19. The molecule has 2 rings (SSSR count). The molecule has 1 aliphatic heterocycles. The van der Waals surface area contributed by atoms with E-state index in [1.54, 1.807) is 31.2 Å². The van der Waals surface area contributed by atoms with Crippen LogP contribution in [-0.4, -0.2) is 41.0 Å². The number of carboxylic acid groups (broad SMARTS) is 1. The summed E-state index contributed by atoms with van der Waals surface area (Å²) < 4.78 is 4.83. The van der Waals surface area contributed by atoms with Gasteiger partial charge in [-0.2, -0.15) is 0 Å². The molecule has 1 aromatic carbocycles. The summed E-state index contributed by atoms with van der Waals surface area (Å²) in [5.41, 5.74) is 1.45. The molecule has 0 aliphatic carbocycles. The molecular weight excluding hydrogens is 262 g/mol. The minimum Gasteiger partial charge on any atom is -0.481 e. The normalized spacial score (nSPS) is 17.1. The van der Waals surface area contributed by atoms with Gasteiger partial charge in [0.05, 0.1) is 12.5 Å². The number of amides is 2. The molecule has 1 heterocycles. The summed E-state index contributed by atoms with van der Waals surface area (Å²) in [7, 11) is 0. The van der Waals surface area contributed by atoms with Gasteiger partial charge in [-0.3, -0.25) is 19.3 Å². The van der Waals surface area contributed by atoms with Gasteiger partial charge in [0.25, 0.3) is 11.8 Å². The number of benzene rings is 1. The zero-order valence-electron chi connectivity index (χ0n) is 11.0. The molecule has 6 nitrogen and oxygen atoms in total. The van der Waals surface area contributed by atoms with Gasteiger partial charge in [-0.1, -0.05) is 24.3 Å². The number of aliphatic carboxylic acids is 1. The van der Waals surface area contributed by atoms with Gasteiger partial charge in [-0.05, 0) is 18.1 Å². The lowest BCUT2D eigenvalue weighted by Crippen LogP contribution is -2.45. The Morgan fingerprint density at radius 2 is 1.80 bits per heavy atom. The highest BCUT2D eigenvalue weighted by molar-refractivity contribution is 5.98. The molecule has 1 saturated heterocycles. The van der Waals surface area contributed by atoms with E-state index in [2.05, 4.69) is 0 Å². The van der Waals surface area contributed by atoms with E-state index in [9.17, 15) is 14.4 Å². The first kappa shape index (κ1) is 14.2. The highest BCUT2D eigenvalue weighted by atomic mass is 16.5. The lowest BCUT2D eigenvalue weighted by molar-refractivity contribution is -0.159. The number of carbonyl (C=O) groups excluding carboxylic acids is 2. The maximum absolute atomic E-state index is 11.6. The van der Waals surface area contributed by atoms with Gasteiger partial charge in [0.1, 0.15) is 13.2 Å². The molecule has 0 saturated carbocycles. The van der Waals surface area contributed by atoms with Crippen molar-refractivity contribution < 1.29 is 24.2 Å². The zero-order valence-corrected chi connectivity index (χ0v) is 11.0. The first-order chi connectivity index (χ1) is 9.49. The first-order valence-electron chi connectivity index (χ1n) is 6.21. The number of morpholine rings is 1. The van der Waals surface area contributed by atoms with Gasteiger partial charge in [-0.15, -0.1) is 0 Å². The van der Waals surface area contributed by atoms with Gasteiger partial charge in [0.15, 0.2) is 0 Å². The van der Waals surface area contributed by atoms with Crippen molar-refractivity contribution in [1.82, 2.24) is 4.90 Å². The molecule has 6 heteroatoms. The fraction of sp³-hybridized carbons (Fsp3) is 0.357. The Morgan fingerprint density at radius 1 is 1.25 bits per heavy atom. The first-order valence-corrected chi connectivity index (χ1v) is 6.21. The molecule has 1 aliphatic rings. The van der Waals surface area contributed by atoms with Crippen molar-refractivity contribution >= 4 is 17.8 Å². The molecule has 2 amide bonds. The maximum atomic E-state index is 11.6. The average Bonchev–Trinajstić information content (AvgIpc) is 2.43. The van der Waals surface area contributed by atoms with Gasteiger partial charge in [0, 0.05) is 0 Å². The Hall–Kier alpha value is -2.21. The van der Waals surface area contributed by atoms with Crippen molar-refractivity contribution in [2.24, 2.45) is 0 Å². The summed E-state index contributed by atoms with van der Waals surface area (Å²) in [5, 5.41) is 8.92. The van der Waals surface area contributed by atoms with Crippen LogP contribution in [0, 0.1) is 0 Å². The molecule has 1 aromatic rings. The number of hydrogen-bond donors (Lipinski definition) is 1. The molecule has 0 bridgehead atoms.